The first-order valence-electron chi connectivity index (χ1n) is 13.6. The Bertz CT molecular complexity index is 1950. The summed E-state index contributed by atoms with van der Waals surface area (Å²) in [6, 6.07) is 7.70. The number of benzene rings is 2. The molecule has 0 radical (unpaired) electrons. The smallest absolute Gasteiger partial charge is 0.475 e. The van der Waals surface area contributed by atoms with Crippen LogP contribution in [0.25, 0.3) is 11.3 Å². The van der Waals surface area contributed by atoms with Gasteiger partial charge in [-0.1, -0.05) is 12.1 Å². The molecule has 0 spiro atoms. The molecule has 0 aliphatic carbocycles. The van der Waals surface area contributed by atoms with Crippen LogP contribution in [-0.4, -0.2) is 54.1 Å². The number of aryl methyl sites for hydroxylation is 1. The van der Waals surface area contributed by atoms with E-state index in [1.165, 1.54) is 17.4 Å². The van der Waals surface area contributed by atoms with Crippen LogP contribution in [0.1, 0.15) is 27.3 Å². The number of nitrogens with zero attached hydrogens (tertiary/aromatic N) is 5. The molecule has 6 rings (SSSR count). The van der Waals surface area contributed by atoms with Gasteiger partial charge in [0.05, 0.1) is 18.8 Å². The highest BCUT2D eigenvalue weighted by molar-refractivity contribution is 7.13. The largest absolute Gasteiger partial charge is 0.490 e. The number of carboxylic acid groups (broad SMARTS) is 1. The molecule has 5 N–H and O–H groups in total. The molecule has 0 atom stereocenters. The Morgan fingerprint density at radius 3 is 2.44 bits per heavy atom. The third-order valence-electron chi connectivity index (χ3n) is 6.60. The van der Waals surface area contributed by atoms with Gasteiger partial charge in [0, 0.05) is 40.7 Å². The molecular weight excluding hydrogens is 665 g/mol. The molecule has 48 heavy (non-hydrogen) atoms. The zero-order valence-corrected chi connectivity index (χ0v) is 25.2. The zero-order chi connectivity index (χ0) is 34.6. The van der Waals surface area contributed by atoms with E-state index in [0.717, 1.165) is 22.6 Å². The van der Waals surface area contributed by atoms with Crippen molar-refractivity contribution in [2.75, 3.05) is 15.5 Å². The number of carbonyl (C=O) groups is 3. The third kappa shape index (κ3) is 7.35. The summed E-state index contributed by atoms with van der Waals surface area (Å²) in [6.45, 7) is 2.04. The number of urea groups is 1. The zero-order valence-electron chi connectivity index (χ0n) is 24.4. The summed E-state index contributed by atoms with van der Waals surface area (Å²) < 4.78 is 61.6. The minimum atomic E-state index is -5.08. The van der Waals surface area contributed by atoms with Crippen LogP contribution >= 0.6 is 11.3 Å². The summed E-state index contributed by atoms with van der Waals surface area (Å²) >= 11 is 1.29. The van der Waals surface area contributed by atoms with Crippen molar-refractivity contribution < 1.29 is 41.4 Å². The van der Waals surface area contributed by atoms with Gasteiger partial charge >= 0.3 is 18.2 Å². The third-order valence-corrected chi connectivity index (χ3v) is 7.29. The molecule has 3 aromatic heterocycles. The van der Waals surface area contributed by atoms with Crippen LogP contribution in [0.3, 0.4) is 0 Å². The fourth-order valence-electron chi connectivity index (χ4n) is 4.40. The normalized spacial score (nSPS) is 12.4. The van der Waals surface area contributed by atoms with E-state index in [1.54, 1.807) is 42.2 Å². The second-order valence-electron chi connectivity index (χ2n) is 9.78. The van der Waals surface area contributed by atoms with Gasteiger partial charge in [0.2, 0.25) is 5.95 Å². The highest BCUT2D eigenvalue weighted by atomic mass is 32.1. The van der Waals surface area contributed by atoms with Gasteiger partial charge in [-0.2, -0.15) is 18.2 Å². The SMILES string of the molecule is Cc1ccc(C(=O)Nc2nccs2)cc1-c1nc(NCc2ncc[nH]2)nc2c1CNC(=O)N2c1c(F)cccc1F.O=C(O)C(F)(F)F. The number of thiazole rings is 1. The number of amides is 3. The lowest BCUT2D eigenvalue weighted by atomic mass is 9.97. The Balaban J connectivity index is 0.000000582. The molecule has 0 fully saturated rings. The van der Waals surface area contributed by atoms with E-state index < -0.39 is 35.5 Å². The fourth-order valence-corrected chi connectivity index (χ4v) is 4.93. The Labute approximate surface area is 270 Å². The summed E-state index contributed by atoms with van der Waals surface area (Å²) in [5, 5.41) is 17.8. The molecule has 0 unspecified atom stereocenters. The predicted molar refractivity (Wildman–Crippen MR) is 163 cm³/mol. The standard InChI is InChI=1S/C27H21F2N9O2S.C2HF3O2/c1-14-5-6-15(24(39)37-26-32-9-10-41-26)11-16(14)21-17-12-34-27(40)38(22-18(28)3-2-4-19(22)29)23(17)36-25(35-21)33-13-20-30-7-8-31-20;3-2(4,5)1(6)7/h2-11H,12-13H2,1H3,(H,30,31)(H,34,40)(H,32,37,39)(H,33,35,36);(H,6,7). The van der Waals surface area contributed by atoms with Gasteiger partial charge in [0.1, 0.15) is 23.1 Å². The number of carboxylic acids is 1. The topological polar surface area (TPSA) is 178 Å². The van der Waals surface area contributed by atoms with Crippen LogP contribution in [0, 0.1) is 18.6 Å². The lowest BCUT2D eigenvalue weighted by Crippen LogP contribution is -2.43. The van der Waals surface area contributed by atoms with Crippen molar-refractivity contribution in [3.63, 3.8) is 0 Å². The van der Waals surface area contributed by atoms with E-state index in [-0.39, 0.29) is 30.8 Å². The van der Waals surface area contributed by atoms with E-state index in [4.69, 9.17) is 14.9 Å². The molecule has 2 aromatic carbocycles. The van der Waals surface area contributed by atoms with Crippen molar-refractivity contribution in [2.45, 2.75) is 26.2 Å². The first-order valence-corrected chi connectivity index (χ1v) is 14.5. The number of hydrogen-bond acceptors (Lipinski definition) is 9. The van der Waals surface area contributed by atoms with Crippen molar-refractivity contribution >= 4 is 51.8 Å². The van der Waals surface area contributed by atoms with Crippen LogP contribution in [-0.2, 0) is 17.9 Å². The molecule has 13 nitrogen and oxygen atoms in total. The molecule has 248 valence electrons. The highest BCUT2D eigenvalue weighted by Gasteiger charge is 2.38. The number of fused-ring (bicyclic) bond motifs is 1. The number of carbonyl (C=O) groups excluding carboxylic acids is 2. The van der Waals surface area contributed by atoms with Crippen LogP contribution in [0.4, 0.5) is 49.3 Å². The lowest BCUT2D eigenvalue weighted by Gasteiger charge is -2.31. The second kappa shape index (κ2) is 13.8. The van der Waals surface area contributed by atoms with Crippen molar-refractivity contribution in [1.82, 2.24) is 30.2 Å². The predicted octanol–water partition coefficient (Wildman–Crippen LogP) is 5.77. The molecular formula is C29H22F5N9O4S. The van der Waals surface area contributed by atoms with Gasteiger partial charge < -0.3 is 20.7 Å². The summed E-state index contributed by atoms with van der Waals surface area (Å²) in [4.78, 5) is 56.3. The number of anilines is 4. The first-order chi connectivity index (χ1) is 22.8. The van der Waals surface area contributed by atoms with Gasteiger partial charge in [0.15, 0.2) is 10.9 Å². The van der Waals surface area contributed by atoms with Crippen molar-refractivity contribution in [1.29, 1.82) is 0 Å². The summed E-state index contributed by atoms with van der Waals surface area (Å²) in [5.41, 5.74) is 1.91. The van der Waals surface area contributed by atoms with Crippen molar-refractivity contribution in [3.05, 3.63) is 94.5 Å². The van der Waals surface area contributed by atoms with E-state index in [2.05, 4.69) is 35.9 Å². The van der Waals surface area contributed by atoms with Gasteiger partial charge in [-0.25, -0.2) is 38.2 Å². The number of alkyl halides is 3. The molecule has 1 aliphatic rings. The number of H-pyrrole nitrogens is 1. The monoisotopic (exact) mass is 687 g/mol. The number of aromatic nitrogens is 5. The number of hydrogen-bond donors (Lipinski definition) is 5. The molecule has 1 aliphatic heterocycles. The molecule has 3 amide bonds. The van der Waals surface area contributed by atoms with Crippen molar-refractivity contribution in [3.8, 4) is 11.3 Å². The Morgan fingerprint density at radius 2 is 1.81 bits per heavy atom. The average Bonchev–Trinajstić information content (AvgIpc) is 3.75. The maximum absolute atomic E-state index is 14.9. The molecule has 4 heterocycles. The minimum Gasteiger partial charge on any atom is -0.475 e. The number of rotatable bonds is 7. The number of aliphatic carboxylic acids is 1. The van der Waals surface area contributed by atoms with Gasteiger partial charge in [-0.3, -0.25) is 10.1 Å². The molecule has 0 saturated carbocycles. The first kappa shape index (κ1) is 33.4. The molecule has 0 saturated heterocycles. The average molecular weight is 688 g/mol. The van der Waals surface area contributed by atoms with Crippen LogP contribution in [0.5, 0.6) is 0 Å². The van der Waals surface area contributed by atoms with Crippen LogP contribution < -0.4 is 20.9 Å². The van der Waals surface area contributed by atoms with Gasteiger partial charge in [0.25, 0.3) is 5.91 Å². The Kier molecular flexibility index (Phi) is 9.59. The minimum absolute atomic E-state index is 0.00161. The number of nitrogens with one attached hydrogen (secondary N) is 4. The number of halogens is 5. The number of aromatic amines is 1. The van der Waals surface area contributed by atoms with E-state index in [9.17, 15) is 31.5 Å². The number of para-hydroxylation sites is 1. The maximum Gasteiger partial charge on any atom is 0.490 e. The van der Waals surface area contributed by atoms with Crippen LogP contribution in [0.15, 0.2) is 60.4 Å². The molecule has 19 heteroatoms. The van der Waals surface area contributed by atoms with E-state index in [0.29, 0.717) is 33.3 Å². The highest BCUT2D eigenvalue weighted by Crippen LogP contribution is 2.39. The summed E-state index contributed by atoms with van der Waals surface area (Å²) in [7, 11) is 0. The van der Waals surface area contributed by atoms with Crippen molar-refractivity contribution in [2.24, 2.45) is 0 Å². The summed E-state index contributed by atoms with van der Waals surface area (Å²) in [5.74, 6) is -4.31. The van der Waals surface area contributed by atoms with Gasteiger partial charge in [-0.15, -0.1) is 11.3 Å². The Morgan fingerprint density at radius 1 is 1.08 bits per heavy atom. The van der Waals surface area contributed by atoms with Crippen LogP contribution in [0.2, 0.25) is 0 Å². The van der Waals surface area contributed by atoms with E-state index >= 15 is 0 Å². The quantitative estimate of drug-likeness (QED) is 0.133. The number of imidazole rings is 1. The second-order valence-corrected chi connectivity index (χ2v) is 10.7. The Hall–Kier alpha value is -5.98. The molecule has 0 bridgehead atoms. The van der Waals surface area contributed by atoms with E-state index in [1.807, 2.05) is 6.92 Å². The lowest BCUT2D eigenvalue weighted by molar-refractivity contribution is -0.192. The molecule has 5 aromatic rings. The maximum atomic E-state index is 14.9. The fraction of sp³-hybridized carbons (Fsp3) is 0.138. The summed E-state index contributed by atoms with van der Waals surface area (Å²) in [6.07, 6.45) is -0.243. The van der Waals surface area contributed by atoms with Gasteiger partial charge in [-0.05, 0) is 36.8 Å².